The average molecular weight is 788 g/mol. The van der Waals surface area contributed by atoms with Crippen LogP contribution in [0.5, 0.6) is 11.5 Å². The predicted octanol–water partition coefficient (Wildman–Crippen LogP) is 14.5. The normalized spacial score (nSPS) is 15.8. The summed E-state index contributed by atoms with van der Waals surface area (Å²) in [6.07, 6.45) is 1.54. The van der Waals surface area contributed by atoms with Crippen LogP contribution in [0.4, 0.5) is 22.7 Å². The monoisotopic (exact) mass is 787 g/mol. The Morgan fingerprint density at radius 2 is 1.10 bits per heavy atom. The lowest BCUT2D eigenvalue weighted by Crippen LogP contribution is -2.24. The van der Waals surface area contributed by atoms with E-state index < -0.39 is 78.6 Å². The lowest BCUT2D eigenvalue weighted by Gasteiger charge is -2.27. The summed E-state index contributed by atoms with van der Waals surface area (Å²) in [7, 11) is 0. The zero-order chi connectivity index (χ0) is 53.0. The van der Waals surface area contributed by atoms with Gasteiger partial charge in [-0.1, -0.05) is 145 Å². The maximum atomic E-state index is 9.03. The van der Waals surface area contributed by atoms with Gasteiger partial charge in [0.15, 0.2) is 0 Å². The van der Waals surface area contributed by atoms with Crippen LogP contribution in [0, 0.1) is 6.92 Å². The fourth-order valence-corrected chi connectivity index (χ4v) is 8.05. The predicted molar refractivity (Wildman–Crippen MR) is 248 cm³/mol. The van der Waals surface area contributed by atoms with Gasteiger partial charge in [0.1, 0.15) is 24.0 Å². The quantitative estimate of drug-likeness (QED) is 0.154. The zero-order valence-electron chi connectivity index (χ0n) is 47.0. The van der Waals surface area contributed by atoms with E-state index in [9.17, 15) is 0 Å². The number of rotatable bonds is 8. The van der Waals surface area contributed by atoms with Crippen molar-refractivity contribution in [2.24, 2.45) is 0 Å². The summed E-state index contributed by atoms with van der Waals surface area (Å²) in [5, 5.41) is 1.87. The van der Waals surface area contributed by atoms with Gasteiger partial charge in [0.25, 0.3) is 0 Å². The molecule has 11 rings (SSSR count). The third kappa shape index (κ3) is 6.16. The molecule has 0 amide bonds. The number of pyridine rings is 1. The molecule has 286 valence electrons. The first kappa shape index (κ1) is 22.9. The molecule has 8 aromatic carbocycles. The van der Waals surface area contributed by atoms with Crippen molar-refractivity contribution in [1.82, 2.24) is 9.55 Å². The summed E-state index contributed by atoms with van der Waals surface area (Å²) in [6, 6.07) is 27.9. The summed E-state index contributed by atoms with van der Waals surface area (Å²) < 4.78 is 137. The van der Waals surface area contributed by atoms with Crippen LogP contribution in [0.1, 0.15) is 26.1 Å². The van der Waals surface area contributed by atoms with Gasteiger partial charge < -0.3 is 14.5 Å². The van der Waals surface area contributed by atoms with Gasteiger partial charge in [-0.2, -0.15) is 0 Å². The Balaban J connectivity index is 1.00. The third-order valence-electron chi connectivity index (χ3n) is 10.7. The van der Waals surface area contributed by atoms with Crippen molar-refractivity contribution < 1.29 is 25.3 Å². The fourth-order valence-electron chi connectivity index (χ4n) is 8.05. The van der Waals surface area contributed by atoms with Gasteiger partial charge >= 0.3 is 0 Å². The summed E-state index contributed by atoms with van der Waals surface area (Å²) >= 11 is 0. The summed E-state index contributed by atoms with van der Waals surface area (Å²) in [5.41, 5.74) is 5.17. The molecular formula is C55H40N4O. The van der Waals surface area contributed by atoms with Gasteiger partial charge in [-0.05, 0) is 77.7 Å². The molecule has 0 N–H and O–H groups in total. The minimum atomic E-state index is -0.575. The lowest BCUT2D eigenvalue weighted by atomic mass is 9.95. The van der Waals surface area contributed by atoms with E-state index in [-0.39, 0.29) is 52.3 Å². The second kappa shape index (κ2) is 14.8. The summed E-state index contributed by atoms with van der Waals surface area (Å²) in [5.74, 6) is 1.51. The molecule has 0 aliphatic carbocycles. The van der Waals surface area contributed by atoms with Gasteiger partial charge in [-0.25, -0.2) is 4.98 Å². The Bertz CT molecular complexity index is 3910. The standard InChI is InChI=1S/C55H40N4O/c1-38-33-54(56-36-49(38)41-21-9-4-10-22-41)59-50-28-12-11-25-47(50)48-32-31-44(35-53(48)59)60-43-24-15-23-42(34-43)57-37-58(52-30-14-13-29-51(52)57)55-45(39-17-5-2-6-18-39)26-16-27-46(55)40-19-7-3-8-20-40/h2-36H,37H2,1H3/i2D,3D,4D,5D,6D,7D,8D,9D,10D,17D,18D,19D,20D,21D,22D. The van der Waals surface area contributed by atoms with E-state index in [0.29, 0.717) is 45.5 Å². The Kier molecular flexibility index (Phi) is 5.65. The van der Waals surface area contributed by atoms with Crippen LogP contribution >= 0.6 is 0 Å². The van der Waals surface area contributed by atoms with E-state index in [4.69, 9.17) is 30.3 Å². The summed E-state index contributed by atoms with van der Waals surface area (Å²) in [6.45, 7) is 1.88. The number of hydrogen-bond acceptors (Lipinski definition) is 4. The van der Waals surface area contributed by atoms with Crippen LogP contribution in [0.15, 0.2) is 212 Å². The van der Waals surface area contributed by atoms with Crippen molar-refractivity contribution in [2.75, 3.05) is 16.5 Å². The van der Waals surface area contributed by atoms with Crippen molar-refractivity contribution in [3.8, 4) is 50.7 Å². The number of ether oxygens (including phenoxy) is 1. The molecule has 60 heavy (non-hydrogen) atoms. The number of anilines is 4. The lowest BCUT2D eigenvalue weighted by molar-refractivity contribution is 0.483. The molecule has 5 heteroatoms. The minimum absolute atomic E-state index is 0.0672. The van der Waals surface area contributed by atoms with E-state index in [1.807, 2.05) is 118 Å². The number of aryl methyl sites for hydroxylation is 1. The Labute approximate surface area is 370 Å². The highest BCUT2D eigenvalue weighted by molar-refractivity contribution is 6.09. The second-order valence-corrected chi connectivity index (χ2v) is 14.2. The first-order valence-electron chi connectivity index (χ1n) is 26.7. The van der Waals surface area contributed by atoms with E-state index in [2.05, 4.69) is 0 Å². The second-order valence-electron chi connectivity index (χ2n) is 14.2. The fraction of sp³-hybridized carbons (Fsp3) is 0.0364. The molecule has 5 nitrogen and oxygen atoms in total. The molecule has 1 aliphatic heterocycles. The van der Waals surface area contributed by atoms with Gasteiger partial charge in [-0.3, -0.25) is 4.57 Å². The maximum absolute atomic E-state index is 9.03. The van der Waals surface area contributed by atoms with E-state index in [1.165, 1.54) is 6.20 Å². The number of para-hydroxylation sites is 4. The molecule has 0 saturated heterocycles. The molecule has 3 heterocycles. The number of benzene rings is 8. The Hall–Kier alpha value is -7.89. The van der Waals surface area contributed by atoms with Crippen LogP contribution in [0.3, 0.4) is 0 Å². The van der Waals surface area contributed by atoms with Crippen LogP contribution in [-0.2, 0) is 0 Å². The largest absolute Gasteiger partial charge is 0.457 e. The highest BCUT2D eigenvalue weighted by Gasteiger charge is 2.31. The number of aromatic nitrogens is 2. The molecular weight excluding hydrogens is 733 g/mol. The van der Waals surface area contributed by atoms with Crippen molar-refractivity contribution in [3.63, 3.8) is 0 Å². The van der Waals surface area contributed by atoms with Crippen molar-refractivity contribution >= 4 is 44.6 Å². The van der Waals surface area contributed by atoms with Crippen molar-refractivity contribution in [2.45, 2.75) is 6.92 Å². The molecule has 0 radical (unpaired) electrons. The SMILES string of the molecule is [2H]c1c([2H])c([2H])c(-c2cnc(-n3c4ccccc4c4ccc(Oc5cccc(N6CN(c7c(-c8c([2H])c([2H])c([2H])c([2H])c8[2H])cccc7-c7c([2H])c([2H])c([2H])c([2H])c7[2H])c7ccccc76)c5)cc43)cc2C)c([2H])c1[2H]. The Morgan fingerprint density at radius 1 is 0.517 bits per heavy atom. The molecule has 2 aromatic heterocycles. The third-order valence-corrected chi connectivity index (χ3v) is 10.7. The van der Waals surface area contributed by atoms with Crippen LogP contribution < -0.4 is 14.5 Å². The van der Waals surface area contributed by atoms with Crippen LogP contribution in [0.25, 0.3) is 61.0 Å². The first-order chi connectivity index (χ1) is 35.9. The molecule has 0 bridgehead atoms. The van der Waals surface area contributed by atoms with E-state index in [0.717, 1.165) is 21.8 Å². The highest BCUT2D eigenvalue weighted by Crippen LogP contribution is 2.50. The number of fused-ring (bicyclic) bond motifs is 4. The maximum Gasteiger partial charge on any atom is 0.137 e. The Morgan fingerprint density at radius 3 is 1.78 bits per heavy atom. The van der Waals surface area contributed by atoms with Crippen molar-refractivity contribution in [1.29, 1.82) is 0 Å². The first-order valence-corrected chi connectivity index (χ1v) is 19.2. The molecule has 0 fully saturated rings. The number of hydrogen-bond donors (Lipinski definition) is 0. The molecule has 0 saturated carbocycles. The molecule has 1 aliphatic rings. The highest BCUT2D eigenvalue weighted by atomic mass is 16.5. The zero-order valence-corrected chi connectivity index (χ0v) is 32.0. The van der Waals surface area contributed by atoms with Gasteiger partial charge in [0, 0.05) is 51.5 Å². The summed E-state index contributed by atoms with van der Waals surface area (Å²) in [4.78, 5) is 8.67. The molecule has 10 aromatic rings. The van der Waals surface area contributed by atoms with Crippen LogP contribution in [-0.4, -0.2) is 16.2 Å². The van der Waals surface area contributed by atoms with E-state index >= 15 is 0 Å². The van der Waals surface area contributed by atoms with Gasteiger partial charge in [0.2, 0.25) is 0 Å². The molecule has 0 atom stereocenters. The average Bonchev–Trinajstić information content (AvgIpc) is 3.96. The van der Waals surface area contributed by atoms with Crippen molar-refractivity contribution in [3.05, 3.63) is 218 Å². The topological polar surface area (TPSA) is 33.5 Å². The van der Waals surface area contributed by atoms with Gasteiger partial charge in [0.05, 0.1) is 48.7 Å². The number of nitrogens with zero attached hydrogens (tertiary/aromatic N) is 4. The smallest absolute Gasteiger partial charge is 0.137 e. The van der Waals surface area contributed by atoms with E-state index in [1.54, 1.807) is 18.2 Å². The minimum Gasteiger partial charge on any atom is -0.457 e. The van der Waals surface area contributed by atoms with Gasteiger partial charge in [-0.15, -0.1) is 0 Å². The molecule has 0 unspecified atom stereocenters. The van der Waals surface area contributed by atoms with Crippen LogP contribution in [0.2, 0.25) is 0 Å². The molecule has 0 spiro atoms.